The van der Waals surface area contributed by atoms with Crippen molar-refractivity contribution in [2.45, 2.75) is 25.9 Å². The molecular weight excluding hydrogens is 380 g/mol. The Kier molecular flexibility index (Phi) is 6.81. The van der Waals surface area contributed by atoms with Crippen LogP contribution in [0.25, 0.3) is 11.1 Å². The Balaban J connectivity index is 0.00000364. The smallest absolute Gasteiger partial charge is 0.286 e. The van der Waals surface area contributed by atoms with E-state index >= 15 is 0 Å². The fourth-order valence-electron chi connectivity index (χ4n) is 2.46. The summed E-state index contributed by atoms with van der Waals surface area (Å²) in [5, 5.41) is 0. The third kappa shape index (κ3) is 7.56. The lowest BCUT2D eigenvalue weighted by molar-refractivity contribution is -0.697. The molecule has 26 heavy (non-hydrogen) atoms. The van der Waals surface area contributed by atoms with Gasteiger partial charge in [0.05, 0.1) is 11.5 Å². The molecule has 2 rings (SSSR count). The summed E-state index contributed by atoms with van der Waals surface area (Å²) in [6.07, 6.45) is 8.02. The first-order valence-electron chi connectivity index (χ1n) is 8.01. The number of aromatic nitrogens is 2. The minimum atomic E-state index is -3.93. The molecule has 2 aromatic heterocycles. The summed E-state index contributed by atoms with van der Waals surface area (Å²) in [7, 11) is -7.85. The summed E-state index contributed by atoms with van der Waals surface area (Å²) >= 11 is 0. The second-order valence-corrected chi connectivity index (χ2v) is 9.07. The van der Waals surface area contributed by atoms with Gasteiger partial charge in [-0.15, -0.1) is 0 Å². The van der Waals surface area contributed by atoms with Crippen molar-refractivity contribution in [3.8, 4) is 11.1 Å². The second-order valence-electron chi connectivity index (χ2n) is 5.93. The van der Waals surface area contributed by atoms with E-state index in [0.717, 1.165) is 11.1 Å². The van der Waals surface area contributed by atoms with E-state index in [1.165, 1.54) is 0 Å². The molecule has 0 aliphatic rings. The monoisotopic (exact) mass is 404 g/mol. The van der Waals surface area contributed by atoms with Crippen LogP contribution in [-0.2, 0) is 33.3 Å². The van der Waals surface area contributed by atoms with E-state index in [1.54, 1.807) is 0 Å². The zero-order valence-corrected chi connectivity index (χ0v) is 15.7. The van der Waals surface area contributed by atoms with Gasteiger partial charge < -0.3 is 0 Å². The Morgan fingerprint density at radius 3 is 1.27 bits per heavy atom. The van der Waals surface area contributed by atoms with Crippen molar-refractivity contribution in [3.63, 3.8) is 0 Å². The van der Waals surface area contributed by atoms with Crippen molar-refractivity contribution in [2.24, 2.45) is 0 Å². The van der Waals surface area contributed by atoms with Crippen LogP contribution >= 0.6 is 0 Å². The van der Waals surface area contributed by atoms with E-state index in [-0.39, 0.29) is 14.4 Å². The molecule has 2 N–H and O–H groups in total. The maximum absolute atomic E-state index is 10.7. The maximum atomic E-state index is 10.7. The highest BCUT2D eigenvalue weighted by Gasteiger charge is 2.10. The second kappa shape index (κ2) is 8.67. The third-order valence-corrected chi connectivity index (χ3v) is 5.36. The van der Waals surface area contributed by atoms with Crippen molar-refractivity contribution >= 4 is 20.2 Å². The van der Waals surface area contributed by atoms with Crippen LogP contribution in [0.5, 0.6) is 0 Å². The van der Waals surface area contributed by atoms with Crippen LogP contribution in [0.2, 0.25) is 0 Å². The molecule has 2 heterocycles. The van der Waals surface area contributed by atoms with E-state index in [9.17, 15) is 16.8 Å². The lowest BCUT2D eigenvalue weighted by Crippen LogP contribution is -2.34. The zero-order chi connectivity index (χ0) is 19.2. The summed E-state index contributed by atoms with van der Waals surface area (Å²) in [6, 6.07) is 7.63. The van der Waals surface area contributed by atoms with Gasteiger partial charge >= 0.3 is 2.85 Å². The standard InChI is InChI=1S/C16H20N2O6S2/c19-25(20,21)13-1-7-17-9-3-15(4-10-17)16-5-11-18(12-6-16)8-2-14-26(22,23)24/h3-6,9-12H,1-2,7-8,13-14H2/p+4. The normalized spacial score (nSPS) is 12.2. The molecule has 0 aromatic carbocycles. The highest BCUT2D eigenvalue weighted by molar-refractivity contribution is 7.86. The van der Waals surface area contributed by atoms with Gasteiger partial charge in [0, 0.05) is 37.1 Å². The van der Waals surface area contributed by atoms with Crippen molar-refractivity contribution in [1.29, 1.82) is 0 Å². The summed E-state index contributed by atoms with van der Waals surface area (Å²) in [5.41, 5.74) is 1.97. The van der Waals surface area contributed by atoms with Crippen molar-refractivity contribution in [3.05, 3.63) is 49.1 Å². The lowest BCUT2D eigenvalue weighted by atomic mass is 10.1. The molecule has 142 valence electrons. The largest absolute Gasteiger partial charge is 1.00 e. The molecule has 0 saturated carbocycles. The van der Waals surface area contributed by atoms with E-state index in [4.69, 9.17) is 9.11 Å². The van der Waals surface area contributed by atoms with Crippen LogP contribution < -0.4 is 9.13 Å². The van der Waals surface area contributed by atoms with Gasteiger partial charge in [0.25, 0.3) is 20.2 Å². The fraction of sp³-hybridized carbons (Fsp3) is 0.375. The van der Waals surface area contributed by atoms with Crippen LogP contribution in [-0.4, -0.2) is 37.4 Å². The average Bonchev–Trinajstić information content (AvgIpc) is 2.54. The van der Waals surface area contributed by atoms with E-state index in [0.29, 0.717) is 25.9 Å². The fourth-order valence-corrected chi connectivity index (χ4v) is 3.44. The number of hydrogen-bond acceptors (Lipinski definition) is 4. The van der Waals surface area contributed by atoms with Crippen molar-refractivity contribution < 1.29 is 37.9 Å². The Hall–Kier alpha value is -1.88. The van der Waals surface area contributed by atoms with Gasteiger partial charge in [-0.1, -0.05) is 0 Å². The van der Waals surface area contributed by atoms with Crippen molar-refractivity contribution in [1.82, 2.24) is 0 Å². The minimum absolute atomic E-state index is 0. The van der Waals surface area contributed by atoms with E-state index in [2.05, 4.69) is 0 Å². The number of nitrogens with zero attached hydrogens (tertiary/aromatic N) is 2. The Bertz CT molecular complexity index is 855. The predicted molar refractivity (Wildman–Crippen MR) is 96.6 cm³/mol. The first kappa shape index (κ1) is 20.4. The van der Waals surface area contributed by atoms with Crippen LogP contribution in [0, 0.1) is 0 Å². The van der Waals surface area contributed by atoms with Gasteiger partial charge in [-0.05, 0) is 11.1 Å². The van der Waals surface area contributed by atoms with Crippen LogP contribution in [0.1, 0.15) is 15.7 Å². The molecule has 0 unspecified atom stereocenters. The van der Waals surface area contributed by atoms with Crippen LogP contribution in [0.3, 0.4) is 0 Å². The number of pyridine rings is 2. The Morgan fingerprint density at radius 2 is 1.00 bits per heavy atom. The Labute approximate surface area is 156 Å². The average molecular weight is 405 g/mol. The van der Waals surface area contributed by atoms with Gasteiger partial charge in [0.2, 0.25) is 0 Å². The number of hydrogen-bond donors (Lipinski definition) is 2. The van der Waals surface area contributed by atoms with Gasteiger partial charge in [0.15, 0.2) is 24.8 Å². The molecule has 2 aromatic rings. The highest BCUT2D eigenvalue weighted by atomic mass is 32.2. The Morgan fingerprint density at radius 1 is 0.692 bits per heavy atom. The number of aryl methyl sites for hydroxylation is 2. The van der Waals surface area contributed by atoms with Crippen molar-refractivity contribution in [2.75, 3.05) is 11.5 Å². The predicted octanol–water partition coefficient (Wildman–Crippen LogP) is 0.709. The van der Waals surface area contributed by atoms with Crippen LogP contribution in [0.4, 0.5) is 0 Å². The third-order valence-electron chi connectivity index (χ3n) is 3.75. The summed E-state index contributed by atoms with van der Waals surface area (Å²) in [4.78, 5) is 0. The summed E-state index contributed by atoms with van der Waals surface area (Å²) < 4.78 is 63.9. The molecule has 8 nitrogen and oxygen atoms in total. The molecule has 0 fully saturated rings. The first-order chi connectivity index (χ1) is 12.1. The lowest BCUT2D eigenvalue weighted by Gasteiger charge is -2.02. The number of rotatable bonds is 9. The summed E-state index contributed by atoms with van der Waals surface area (Å²) in [6.45, 7) is 0.977. The van der Waals surface area contributed by atoms with Gasteiger partial charge in [-0.25, -0.2) is 9.13 Å². The van der Waals surface area contributed by atoms with Crippen LogP contribution in [0.15, 0.2) is 49.1 Å². The molecule has 0 amide bonds. The minimum Gasteiger partial charge on any atom is -0.286 e. The molecule has 0 spiro atoms. The zero-order valence-electron chi connectivity index (χ0n) is 16.1. The molecule has 0 atom stereocenters. The quantitative estimate of drug-likeness (QED) is 0.470. The maximum Gasteiger partial charge on any atom is 1.00 e. The first-order valence-corrected chi connectivity index (χ1v) is 11.2. The molecule has 10 heteroatoms. The SMILES string of the molecule is O=S(=O)(O)CCC[n+]1ccc(-c2cc[n+](CCCS(=O)(=O)O)cc2)cc1.[H+].[H+]. The van der Waals surface area contributed by atoms with Gasteiger partial charge in [-0.3, -0.25) is 9.11 Å². The topological polar surface area (TPSA) is 117 Å². The molecule has 0 aliphatic carbocycles. The van der Waals surface area contributed by atoms with Gasteiger partial charge in [0.1, 0.15) is 13.1 Å². The van der Waals surface area contributed by atoms with E-state index in [1.807, 2.05) is 58.2 Å². The van der Waals surface area contributed by atoms with Gasteiger partial charge in [-0.2, -0.15) is 16.8 Å². The molecule has 0 saturated heterocycles. The molecule has 0 bridgehead atoms. The summed E-state index contributed by atoms with van der Waals surface area (Å²) in [5.74, 6) is -0.532. The highest BCUT2D eigenvalue weighted by Crippen LogP contribution is 2.15. The molecule has 0 radical (unpaired) electrons. The molecular formula is C16H24N2O6S2+4. The molecule has 0 aliphatic heterocycles. The van der Waals surface area contributed by atoms with E-state index < -0.39 is 20.2 Å².